The minimum absolute atomic E-state index is 0.0682. The number of carbonyl (C=O) groups excluding carboxylic acids is 1. The zero-order valence-corrected chi connectivity index (χ0v) is 16.0. The van der Waals surface area contributed by atoms with Gasteiger partial charge in [0.05, 0.1) is 6.04 Å². The number of thioether (sulfide) groups is 1. The maximum Gasteiger partial charge on any atom is 0.267 e. The van der Waals surface area contributed by atoms with Gasteiger partial charge in [-0.05, 0) is 36.5 Å². The third-order valence-corrected chi connectivity index (χ3v) is 6.44. The third-order valence-electron chi connectivity index (χ3n) is 4.94. The van der Waals surface area contributed by atoms with E-state index < -0.39 is 0 Å². The first-order valence-corrected chi connectivity index (χ1v) is 10.2. The summed E-state index contributed by atoms with van der Waals surface area (Å²) in [6, 6.07) is 7.95. The van der Waals surface area contributed by atoms with Crippen LogP contribution in [0.2, 0.25) is 0 Å². The molecular formula is C18H18BrN3O2S. The van der Waals surface area contributed by atoms with Gasteiger partial charge in [0.2, 0.25) is 0 Å². The molecule has 1 amide bonds. The molecule has 2 aliphatic rings. The molecule has 7 heteroatoms. The Balaban J connectivity index is 1.61. The predicted molar refractivity (Wildman–Crippen MR) is 101 cm³/mol. The highest BCUT2D eigenvalue weighted by atomic mass is 79.9. The zero-order chi connectivity index (χ0) is 17.4. The molecule has 0 radical (unpaired) electrons. The lowest BCUT2D eigenvalue weighted by molar-refractivity contribution is 0.0897. The number of carbonyl (C=O) groups is 1. The number of aromatic nitrogens is 2. The Labute approximate surface area is 158 Å². The number of halogens is 1. The summed E-state index contributed by atoms with van der Waals surface area (Å²) < 4.78 is 2.60. The van der Waals surface area contributed by atoms with E-state index >= 15 is 0 Å². The quantitative estimate of drug-likeness (QED) is 0.771. The van der Waals surface area contributed by atoms with E-state index in [4.69, 9.17) is 0 Å². The topological polar surface area (TPSA) is 64.0 Å². The van der Waals surface area contributed by atoms with Crippen LogP contribution in [0.5, 0.6) is 0 Å². The predicted octanol–water partition coefficient (Wildman–Crippen LogP) is 3.38. The summed E-state index contributed by atoms with van der Waals surface area (Å²) in [5.74, 6) is 0.923. The second-order valence-corrected chi connectivity index (χ2v) is 8.43. The van der Waals surface area contributed by atoms with Crippen molar-refractivity contribution >= 4 is 33.6 Å². The normalized spacial score (nSPS) is 17.6. The van der Waals surface area contributed by atoms with E-state index in [0.717, 1.165) is 28.6 Å². The molecular weight excluding hydrogens is 402 g/mol. The molecule has 1 N–H and O–H groups in total. The van der Waals surface area contributed by atoms with E-state index in [1.165, 1.54) is 12.6 Å². The van der Waals surface area contributed by atoms with Crippen LogP contribution in [-0.2, 0) is 6.54 Å². The maximum atomic E-state index is 12.8. The summed E-state index contributed by atoms with van der Waals surface area (Å²) in [6.07, 6.45) is 4.80. The number of nitrogens with one attached hydrogen (secondary N) is 1. The van der Waals surface area contributed by atoms with Crippen molar-refractivity contribution in [1.82, 2.24) is 14.9 Å². The van der Waals surface area contributed by atoms with Crippen LogP contribution in [0, 0.1) is 5.92 Å². The van der Waals surface area contributed by atoms with E-state index in [1.807, 2.05) is 24.3 Å². The van der Waals surface area contributed by atoms with Crippen molar-refractivity contribution in [3.63, 3.8) is 0 Å². The Morgan fingerprint density at radius 2 is 2.08 bits per heavy atom. The highest BCUT2D eigenvalue weighted by Gasteiger charge is 2.31. The van der Waals surface area contributed by atoms with Gasteiger partial charge >= 0.3 is 0 Å². The molecule has 2 aromatic rings. The molecule has 1 aromatic carbocycles. The van der Waals surface area contributed by atoms with Crippen LogP contribution in [0.1, 0.15) is 41.2 Å². The summed E-state index contributed by atoms with van der Waals surface area (Å²) >= 11 is 4.99. The highest BCUT2D eigenvalue weighted by molar-refractivity contribution is 9.10. The second-order valence-electron chi connectivity index (χ2n) is 6.45. The van der Waals surface area contributed by atoms with E-state index in [0.29, 0.717) is 17.6 Å². The van der Waals surface area contributed by atoms with Crippen LogP contribution in [-0.4, -0.2) is 21.2 Å². The molecule has 1 atom stereocenters. The molecule has 0 spiro atoms. The fraction of sp³-hybridized carbons (Fsp3) is 0.389. The Bertz CT molecular complexity index is 862. The number of rotatable bonds is 4. The number of fused-ring (bicyclic) bond motifs is 1. The number of amides is 1. The van der Waals surface area contributed by atoms with Crippen molar-refractivity contribution in [1.29, 1.82) is 0 Å². The fourth-order valence-electron chi connectivity index (χ4n) is 3.31. The van der Waals surface area contributed by atoms with Gasteiger partial charge in [0.25, 0.3) is 11.5 Å². The smallest absolute Gasteiger partial charge is 0.267 e. The molecule has 2 heterocycles. The van der Waals surface area contributed by atoms with Gasteiger partial charge in [0.15, 0.2) is 5.16 Å². The molecule has 1 aliphatic heterocycles. The minimum atomic E-state index is -0.329. The lowest BCUT2D eigenvalue weighted by Gasteiger charge is -2.34. The van der Waals surface area contributed by atoms with Gasteiger partial charge in [-0.15, -0.1) is 0 Å². The molecule has 130 valence electrons. The minimum Gasteiger partial charge on any atom is -0.345 e. The van der Waals surface area contributed by atoms with E-state index in [-0.39, 0.29) is 23.1 Å². The van der Waals surface area contributed by atoms with Crippen LogP contribution in [0.4, 0.5) is 0 Å². The molecule has 1 saturated carbocycles. The summed E-state index contributed by atoms with van der Waals surface area (Å²) in [6.45, 7) is 0.617. The van der Waals surface area contributed by atoms with Crippen LogP contribution in [0.25, 0.3) is 0 Å². The van der Waals surface area contributed by atoms with Gasteiger partial charge in [-0.2, -0.15) is 0 Å². The van der Waals surface area contributed by atoms with Crippen molar-refractivity contribution in [3.8, 4) is 0 Å². The summed E-state index contributed by atoms with van der Waals surface area (Å²) in [4.78, 5) is 29.6. The first kappa shape index (κ1) is 16.8. The number of hydrogen-bond acceptors (Lipinski definition) is 4. The molecule has 1 aromatic heterocycles. The van der Waals surface area contributed by atoms with E-state index in [2.05, 4.69) is 26.2 Å². The number of nitrogens with zero attached hydrogens (tertiary/aromatic N) is 2. The molecule has 4 rings (SSSR count). The lowest BCUT2D eigenvalue weighted by atomic mass is 9.77. The van der Waals surface area contributed by atoms with Gasteiger partial charge < -0.3 is 5.32 Å². The van der Waals surface area contributed by atoms with E-state index in [1.54, 1.807) is 16.3 Å². The zero-order valence-electron chi connectivity index (χ0n) is 13.6. The fourth-order valence-corrected chi connectivity index (χ4v) is 4.49. The first-order chi connectivity index (χ1) is 12.1. The van der Waals surface area contributed by atoms with Gasteiger partial charge in [-0.1, -0.05) is 46.2 Å². The van der Waals surface area contributed by atoms with Gasteiger partial charge in [-0.3, -0.25) is 14.2 Å². The maximum absolute atomic E-state index is 12.8. The molecule has 5 nitrogen and oxygen atoms in total. The van der Waals surface area contributed by atoms with Crippen LogP contribution in [0.3, 0.4) is 0 Å². The molecule has 25 heavy (non-hydrogen) atoms. The standard InChI is InChI=1S/C18H18BrN3O2S/c19-13-6-4-12(5-7-13)15(11-2-1-3-11)21-16(23)14-10-20-18-22(17(14)24)8-9-25-18/h4-7,10-11,15H,1-3,8-9H2,(H,21,23). The third kappa shape index (κ3) is 3.27. The highest BCUT2D eigenvalue weighted by Crippen LogP contribution is 2.38. The van der Waals surface area contributed by atoms with Crippen molar-refractivity contribution in [2.75, 3.05) is 5.75 Å². The van der Waals surface area contributed by atoms with Crippen molar-refractivity contribution in [3.05, 3.63) is 56.4 Å². The monoisotopic (exact) mass is 419 g/mol. The first-order valence-electron chi connectivity index (χ1n) is 8.42. The van der Waals surface area contributed by atoms with Gasteiger partial charge in [0, 0.05) is 23.0 Å². The van der Waals surface area contributed by atoms with Crippen molar-refractivity contribution in [2.24, 2.45) is 5.92 Å². The number of hydrogen-bond donors (Lipinski definition) is 1. The molecule has 0 bridgehead atoms. The van der Waals surface area contributed by atoms with Crippen LogP contribution >= 0.6 is 27.7 Å². The Hall–Kier alpha value is -1.60. The van der Waals surface area contributed by atoms with E-state index in [9.17, 15) is 9.59 Å². The summed E-state index contributed by atoms with van der Waals surface area (Å²) in [5, 5.41) is 3.79. The molecule has 1 aliphatic carbocycles. The number of benzene rings is 1. The Morgan fingerprint density at radius 1 is 1.32 bits per heavy atom. The Kier molecular flexibility index (Phi) is 4.69. The van der Waals surface area contributed by atoms with Gasteiger partial charge in [-0.25, -0.2) is 4.98 Å². The average Bonchev–Trinajstić information content (AvgIpc) is 3.03. The van der Waals surface area contributed by atoms with Crippen molar-refractivity contribution in [2.45, 2.75) is 37.0 Å². The summed E-state index contributed by atoms with van der Waals surface area (Å²) in [5.41, 5.74) is 0.967. The lowest BCUT2D eigenvalue weighted by Crippen LogP contribution is -2.39. The van der Waals surface area contributed by atoms with Crippen LogP contribution in [0.15, 0.2) is 44.9 Å². The molecule has 1 unspecified atom stereocenters. The SMILES string of the molecule is O=C(NC(c1ccc(Br)cc1)C1CCC1)c1cnc2n(c1=O)CCS2. The van der Waals surface area contributed by atoms with Crippen LogP contribution < -0.4 is 10.9 Å². The van der Waals surface area contributed by atoms with Crippen molar-refractivity contribution < 1.29 is 4.79 Å². The Morgan fingerprint density at radius 3 is 2.76 bits per heavy atom. The largest absolute Gasteiger partial charge is 0.345 e. The second kappa shape index (κ2) is 6.96. The average molecular weight is 420 g/mol. The summed E-state index contributed by atoms with van der Waals surface area (Å²) in [7, 11) is 0. The molecule has 1 fully saturated rings. The molecule has 0 saturated heterocycles. The van der Waals surface area contributed by atoms with Gasteiger partial charge in [0.1, 0.15) is 5.56 Å².